The molecule has 1 heterocycles. The van der Waals surface area contributed by atoms with Crippen LogP contribution in [-0.4, -0.2) is 12.1 Å². The number of ether oxygens (including phenoxy) is 1. The average molecular weight is 301 g/mol. The molecule has 0 aliphatic carbocycles. The van der Waals surface area contributed by atoms with Crippen molar-refractivity contribution in [2.24, 2.45) is 0 Å². The summed E-state index contributed by atoms with van der Waals surface area (Å²) in [6.45, 7) is 0. The second kappa shape index (κ2) is 5.29. The first-order chi connectivity index (χ1) is 11.3. The second-order valence-electron chi connectivity index (χ2n) is 5.44. The van der Waals surface area contributed by atoms with Crippen LogP contribution in [0.5, 0.6) is 5.75 Å². The highest BCUT2D eigenvalue weighted by molar-refractivity contribution is 6.05. The Morgan fingerprint density at radius 2 is 1.61 bits per heavy atom. The first kappa shape index (κ1) is 13.6. The molecule has 4 rings (SSSR count). The zero-order valence-corrected chi connectivity index (χ0v) is 12.7. The van der Waals surface area contributed by atoms with Crippen LogP contribution < -0.4 is 10.2 Å². The van der Waals surface area contributed by atoms with Gasteiger partial charge in [0.15, 0.2) is 5.43 Å². The van der Waals surface area contributed by atoms with E-state index in [-0.39, 0.29) is 5.43 Å². The number of pyridine rings is 1. The molecule has 1 aromatic heterocycles. The van der Waals surface area contributed by atoms with Gasteiger partial charge < -0.3 is 9.72 Å². The monoisotopic (exact) mass is 301 g/mol. The van der Waals surface area contributed by atoms with Crippen molar-refractivity contribution in [1.29, 1.82) is 0 Å². The molecule has 0 fully saturated rings. The molecular formula is C20H15NO2. The molecule has 0 aliphatic heterocycles. The summed E-state index contributed by atoms with van der Waals surface area (Å²) < 4.78 is 5.38. The van der Waals surface area contributed by atoms with Gasteiger partial charge in [0.05, 0.1) is 12.6 Å². The maximum atomic E-state index is 13.0. The number of methoxy groups -OCH3 is 1. The number of fused-ring (bicyclic) bond motifs is 3. The lowest BCUT2D eigenvalue weighted by Crippen LogP contribution is -2.07. The topological polar surface area (TPSA) is 42.1 Å². The molecule has 0 atom stereocenters. The number of rotatable bonds is 2. The highest BCUT2D eigenvalue weighted by atomic mass is 16.5. The first-order valence-corrected chi connectivity index (χ1v) is 7.46. The lowest BCUT2D eigenvalue weighted by molar-refractivity contribution is 0.416. The quantitative estimate of drug-likeness (QED) is 0.559. The van der Waals surface area contributed by atoms with Crippen LogP contribution in [-0.2, 0) is 0 Å². The van der Waals surface area contributed by atoms with Crippen molar-refractivity contribution in [3.63, 3.8) is 0 Å². The molecule has 0 spiro atoms. The van der Waals surface area contributed by atoms with Crippen molar-refractivity contribution in [1.82, 2.24) is 4.98 Å². The molecule has 0 aliphatic rings. The van der Waals surface area contributed by atoms with E-state index in [1.165, 1.54) is 0 Å². The van der Waals surface area contributed by atoms with Gasteiger partial charge in [0.25, 0.3) is 0 Å². The Kier molecular flexibility index (Phi) is 3.12. The molecule has 1 N–H and O–H groups in total. The number of para-hydroxylation sites is 1. The van der Waals surface area contributed by atoms with E-state index in [2.05, 4.69) is 4.98 Å². The maximum Gasteiger partial charge on any atom is 0.197 e. The molecule has 0 amide bonds. The molecule has 0 saturated heterocycles. The molecule has 0 radical (unpaired) electrons. The average Bonchev–Trinajstić information content (AvgIpc) is 2.62. The minimum atomic E-state index is 0.00834. The van der Waals surface area contributed by atoms with Crippen LogP contribution in [0.15, 0.2) is 71.7 Å². The highest BCUT2D eigenvalue weighted by Gasteiger charge is 2.12. The van der Waals surface area contributed by atoms with Gasteiger partial charge in [-0.3, -0.25) is 4.79 Å². The predicted octanol–water partition coefficient (Wildman–Crippen LogP) is 4.36. The van der Waals surface area contributed by atoms with Crippen LogP contribution in [0.3, 0.4) is 0 Å². The number of hydrogen-bond acceptors (Lipinski definition) is 2. The summed E-state index contributed by atoms with van der Waals surface area (Å²) in [6, 6.07) is 19.5. The van der Waals surface area contributed by atoms with Crippen molar-refractivity contribution in [2.75, 3.05) is 7.11 Å². The standard InChI is InChI=1S/C20H15NO2/c1-23-18-9-5-4-8-15(18)17-12-21-19-14-7-3-2-6-13(14)10-11-16(19)20(17)22/h2-12H,1H3,(H,21,22). The fraction of sp³-hybridized carbons (Fsp3) is 0.0500. The Labute approximate surface area is 133 Å². The summed E-state index contributed by atoms with van der Waals surface area (Å²) in [4.78, 5) is 16.3. The minimum Gasteiger partial charge on any atom is -0.496 e. The van der Waals surface area contributed by atoms with Crippen LogP contribution in [0.2, 0.25) is 0 Å². The Morgan fingerprint density at radius 1 is 0.826 bits per heavy atom. The zero-order valence-electron chi connectivity index (χ0n) is 12.7. The van der Waals surface area contributed by atoms with E-state index in [0.29, 0.717) is 16.7 Å². The van der Waals surface area contributed by atoms with Gasteiger partial charge in [-0.25, -0.2) is 0 Å². The maximum absolute atomic E-state index is 13.0. The first-order valence-electron chi connectivity index (χ1n) is 7.46. The largest absolute Gasteiger partial charge is 0.496 e. The molecule has 0 saturated carbocycles. The van der Waals surface area contributed by atoms with Crippen molar-refractivity contribution >= 4 is 21.7 Å². The third-order valence-electron chi connectivity index (χ3n) is 4.18. The molecule has 112 valence electrons. The van der Waals surface area contributed by atoms with E-state index < -0.39 is 0 Å². The summed E-state index contributed by atoms with van der Waals surface area (Å²) in [5, 5.41) is 2.85. The van der Waals surface area contributed by atoms with E-state index in [4.69, 9.17) is 4.74 Å². The van der Waals surface area contributed by atoms with E-state index in [9.17, 15) is 4.79 Å². The summed E-state index contributed by atoms with van der Waals surface area (Å²) in [5.41, 5.74) is 2.29. The van der Waals surface area contributed by atoms with E-state index in [1.54, 1.807) is 13.3 Å². The summed E-state index contributed by atoms with van der Waals surface area (Å²) in [7, 11) is 1.61. The van der Waals surface area contributed by atoms with Gasteiger partial charge in [-0.05, 0) is 17.5 Å². The number of nitrogens with one attached hydrogen (secondary N) is 1. The van der Waals surface area contributed by atoms with Crippen molar-refractivity contribution in [3.8, 4) is 16.9 Å². The van der Waals surface area contributed by atoms with Crippen LogP contribution in [0.25, 0.3) is 32.8 Å². The van der Waals surface area contributed by atoms with Gasteiger partial charge in [0.2, 0.25) is 0 Å². The van der Waals surface area contributed by atoms with Crippen molar-refractivity contribution < 1.29 is 4.74 Å². The van der Waals surface area contributed by atoms with Crippen LogP contribution in [0.1, 0.15) is 0 Å². The van der Waals surface area contributed by atoms with E-state index >= 15 is 0 Å². The SMILES string of the molecule is COc1ccccc1-c1c[nH]c2c(ccc3ccccc32)c1=O. The Hall–Kier alpha value is -3.07. The van der Waals surface area contributed by atoms with Gasteiger partial charge in [-0.1, -0.05) is 48.5 Å². The lowest BCUT2D eigenvalue weighted by atomic mass is 10.0. The number of aromatic nitrogens is 1. The molecule has 0 bridgehead atoms. The smallest absolute Gasteiger partial charge is 0.197 e. The van der Waals surface area contributed by atoms with E-state index in [0.717, 1.165) is 21.9 Å². The lowest BCUT2D eigenvalue weighted by Gasteiger charge is -2.09. The van der Waals surface area contributed by atoms with Gasteiger partial charge in [0.1, 0.15) is 5.75 Å². The fourth-order valence-corrected chi connectivity index (χ4v) is 3.04. The van der Waals surface area contributed by atoms with Crippen molar-refractivity contribution in [3.05, 3.63) is 77.1 Å². The summed E-state index contributed by atoms with van der Waals surface area (Å²) >= 11 is 0. The van der Waals surface area contributed by atoms with Crippen LogP contribution in [0.4, 0.5) is 0 Å². The molecule has 23 heavy (non-hydrogen) atoms. The Morgan fingerprint density at radius 3 is 2.48 bits per heavy atom. The highest BCUT2D eigenvalue weighted by Crippen LogP contribution is 2.29. The molecule has 4 aromatic rings. The molecular weight excluding hydrogens is 286 g/mol. The Balaban J connectivity index is 2.06. The number of aromatic amines is 1. The molecule has 3 heteroatoms. The summed E-state index contributed by atoms with van der Waals surface area (Å²) in [6.07, 6.45) is 1.77. The predicted molar refractivity (Wildman–Crippen MR) is 94.1 cm³/mol. The Bertz CT molecular complexity index is 1080. The van der Waals surface area contributed by atoms with Gasteiger partial charge >= 0.3 is 0 Å². The fourth-order valence-electron chi connectivity index (χ4n) is 3.04. The van der Waals surface area contributed by atoms with Crippen LogP contribution >= 0.6 is 0 Å². The molecule has 3 aromatic carbocycles. The minimum absolute atomic E-state index is 0.00834. The third-order valence-corrected chi connectivity index (χ3v) is 4.18. The summed E-state index contributed by atoms with van der Waals surface area (Å²) in [5.74, 6) is 0.693. The zero-order chi connectivity index (χ0) is 15.8. The van der Waals surface area contributed by atoms with Gasteiger partial charge in [0, 0.05) is 28.1 Å². The van der Waals surface area contributed by atoms with Crippen LogP contribution in [0, 0.1) is 0 Å². The number of H-pyrrole nitrogens is 1. The molecule has 0 unspecified atom stereocenters. The van der Waals surface area contributed by atoms with Gasteiger partial charge in [-0.2, -0.15) is 0 Å². The molecule has 3 nitrogen and oxygen atoms in total. The third kappa shape index (κ3) is 2.09. The van der Waals surface area contributed by atoms with Crippen molar-refractivity contribution in [2.45, 2.75) is 0 Å². The second-order valence-corrected chi connectivity index (χ2v) is 5.44. The number of hydrogen-bond donors (Lipinski definition) is 1. The number of benzene rings is 3. The van der Waals surface area contributed by atoms with Gasteiger partial charge in [-0.15, -0.1) is 0 Å². The normalized spacial score (nSPS) is 11.0. The van der Waals surface area contributed by atoms with E-state index in [1.807, 2.05) is 60.7 Å².